The number of furan rings is 1. The quantitative estimate of drug-likeness (QED) is 0.741. The summed E-state index contributed by atoms with van der Waals surface area (Å²) >= 11 is 0. The molecule has 3 aromatic heterocycles. The Kier molecular flexibility index (Phi) is 5.05. The predicted molar refractivity (Wildman–Crippen MR) is 104 cm³/mol. The summed E-state index contributed by atoms with van der Waals surface area (Å²) in [7, 11) is 0. The molecule has 27 heavy (non-hydrogen) atoms. The molecule has 7 heteroatoms. The Morgan fingerprint density at radius 1 is 1.26 bits per heavy atom. The Bertz CT molecular complexity index is 912. The van der Waals surface area contributed by atoms with Crippen LogP contribution in [-0.4, -0.2) is 57.2 Å². The van der Waals surface area contributed by atoms with Gasteiger partial charge >= 0.3 is 0 Å². The van der Waals surface area contributed by atoms with Gasteiger partial charge in [-0.15, -0.1) is 0 Å². The maximum absolute atomic E-state index is 9.56. The minimum absolute atomic E-state index is 0.164. The zero-order valence-corrected chi connectivity index (χ0v) is 15.8. The average molecular weight is 367 g/mol. The summed E-state index contributed by atoms with van der Waals surface area (Å²) in [6, 6.07) is 6.22. The molecule has 1 saturated heterocycles. The summed E-state index contributed by atoms with van der Waals surface area (Å²) in [5.41, 5.74) is 2.85. The van der Waals surface area contributed by atoms with E-state index in [1.165, 1.54) is 0 Å². The van der Waals surface area contributed by atoms with E-state index < -0.39 is 0 Å². The Hall–Kier alpha value is -2.51. The second-order valence-corrected chi connectivity index (χ2v) is 7.14. The average Bonchev–Trinajstić information content (AvgIpc) is 3.16. The number of aliphatic hydroxyl groups excluding tert-OH is 1. The fourth-order valence-electron chi connectivity index (χ4n) is 3.95. The van der Waals surface area contributed by atoms with Gasteiger partial charge in [0, 0.05) is 38.0 Å². The van der Waals surface area contributed by atoms with Crippen LogP contribution in [0.4, 0.5) is 5.82 Å². The van der Waals surface area contributed by atoms with Crippen LogP contribution in [0, 0.1) is 13.8 Å². The van der Waals surface area contributed by atoms with Crippen molar-refractivity contribution in [2.45, 2.75) is 32.9 Å². The number of pyridine rings is 1. The van der Waals surface area contributed by atoms with Gasteiger partial charge in [0.15, 0.2) is 5.65 Å². The van der Waals surface area contributed by atoms with E-state index in [2.05, 4.69) is 37.7 Å². The molecule has 0 unspecified atom stereocenters. The number of piperazine rings is 1. The second-order valence-electron chi connectivity index (χ2n) is 7.14. The van der Waals surface area contributed by atoms with Gasteiger partial charge in [0.25, 0.3) is 0 Å². The summed E-state index contributed by atoms with van der Waals surface area (Å²) in [6.45, 7) is 7.55. The lowest BCUT2D eigenvalue weighted by Crippen LogP contribution is -2.53. The molecule has 0 amide bonds. The van der Waals surface area contributed by atoms with Gasteiger partial charge in [0.05, 0.1) is 18.2 Å². The minimum atomic E-state index is 0.164. The fourth-order valence-corrected chi connectivity index (χ4v) is 3.95. The Labute approximate surface area is 158 Å². The van der Waals surface area contributed by atoms with Gasteiger partial charge in [0.2, 0.25) is 0 Å². The number of aromatic nitrogens is 3. The van der Waals surface area contributed by atoms with E-state index in [1.807, 2.05) is 19.1 Å². The Morgan fingerprint density at radius 2 is 2.15 bits per heavy atom. The smallest absolute Gasteiger partial charge is 0.165 e. The third kappa shape index (κ3) is 3.65. The third-order valence-electron chi connectivity index (χ3n) is 5.21. The largest absolute Gasteiger partial charge is 0.468 e. The van der Waals surface area contributed by atoms with Gasteiger partial charge in [0.1, 0.15) is 17.9 Å². The molecule has 0 spiro atoms. The van der Waals surface area contributed by atoms with Crippen LogP contribution in [0.3, 0.4) is 0 Å². The number of rotatable bonds is 5. The molecule has 0 radical (unpaired) electrons. The van der Waals surface area contributed by atoms with Crippen molar-refractivity contribution in [1.29, 1.82) is 0 Å². The standard InChI is InChI=1S/C20H25N5O2/c1-14-10-15(2)23-19-18(14)20(22-13-21-19)25-7-6-24(16(11-25)5-8-26)12-17-4-3-9-27-17/h3-4,9-10,13,16,26H,5-8,11-12H2,1-2H3/t16-/m0/s1. The zero-order chi connectivity index (χ0) is 18.8. The summed E-state index contributed by atoms with van der Waals surface area (Å²) < 4.78 is 5.51. The predicted octanol–water partition coefficient (Wildman–Crippen LogP) is 2.31. The molecule has 0 aromatic carbocycles. The molecular formula is C20H25N5O2. The third-order valence-corrected chi connectivity index (χ3v) is 5.21. The number of nitrogens with zero attached hydrogens (tertiary/aromatic N) is 5. The van der Waals surface area contributed by atoms with E-state index in [1.54, 1.807) is 12.6 Å². The van der Waals surface area contributed by atoms with Gasteiger partial charge in [-0.05, 0) is 44.0 Å². The monoisotopic (exact) mass is 367 g/mol. The molecule has 1 atom stereocenters. The normalized spacial score (nSPS) is 18.3. The first-order valence-electron chi connectivity index (χ1n) is 9.37. The van der Waals surface area contributed by atoms with E-state index >= 15 is 0 Å². The molecule has 7 nitrogen and oxygen atoms in total. The molecule has 1 N–H and O–H groups in total. The number of fused-ring (bicyclic) bond motifs is 1. The molecule has 1 aliphatic rings. The minimum Gasteiger partial charge on any atom is -0.468 e. The molecule has 0 aliphatic carbocycles. The highest BCUT2D eigenvalue weighted by Gasteiger charge is 2.29. The van der Waals surface area contributed by atoms with Crippen molar-refractivity contribution in [2.24, 2.45) is 0 Å². The Morgan fingerprint density at radius 3 is 2.93 bits per heavy atom. The van der Waals surface area contributed by atoms with E-state index in [0.29, 0.717) is 0 Å². The highest BCUT2D eigenvalue weighted by Crippen LogP contribution is 2.28. The van der Waals surface area contributed by atoms with Crippen molar-refractivity contribution < 1.29 is 9.52 Å². The van der Waals surface area contributed by atoms with Crippen LogP contribution in [0.1, 0.15) is 23.4 Å². The zero-order valence-electron chi connectivity index (χ0n) is 15.8. The maximum atomic E-state index is 9.56. The molecule has 4 rings (SSSR count). The lowest BCUT2D eigenvalue weighted by Gasteiger charge is -2.41. The fraction of sp³-hybridized carbons (Fsp3) is 0.450. The first kappa shape index (κ1) is 17.9. The first-order valence-corrected chi connectivity index (χ1v) is 9.37. The maximum Gasteiger partial charge on any atom is 0.165 e. The highest BCUT2D eigenvalue weighted by atomic mass is 16.3. The number of hydrogen-bond donors (Lipinski definition) is 1. The SMILES string of the molecule is Cc1cc(C)c2c(N3CCN(Cc4ccco4)[C@@H](CCO)C3)ncnc2n1. The lowest BCUT2D eigenvalue weighted by molar-refractivity contribution is 0.127. The highest BCUT2D eigenvalue weighted by molar-refractivity contribution is 5.90. The van der Waals surface area contributed by atoms with Crippen molar-refractivity contribution in [2.75, 3.05) is 31.1 Å². The van der Waals surface area contributed by atoms with Crippen molar-refractivity contribution >= 4 is 16.9 Å². The Balaban J connectivity index is 1.61. The van der Waals surface area contributed by atoms with Gasteiger partial charge in [-0.3, -0.25) is 4.90 Å². The summed E-state index contributed by atoms with van der Waals surface area (Å²) in [5.74, 6) is 1.89. The van der Waals surface area contributed by atoms with Gasteiger partial charge < -0.3 is 14.4 Å². The van der Waals surface area contributed by atoms with Crippen LogP contribution >= 0.6 is 0 Å². The van der Waals surface area contributed by atoms with Gasteiger partial charge in [-0.25, -0.2) is 15.0 Å². The van der Waals surface area contributed by atoms with Gasteiger partial charge in [-0.2, -0.15) is 0 Å². The number of aryl methyl sites for hydroxylation is 2. The van der Waals surface area contributed by atoms with Crippen LogP contribution in [-0.2, 0) is 6.54 Å². The molecule has 0 bridgehead atoms. The van der Waals surface area contributed by atoms with Crippen LogP contribution in [0.2, 0.25) is 0 Å². The van der Waals surface area contributed by atoms with E-state index in [4.69, 9.17) is 4.42 Å². The second kappa shape index (κ2) is 7.62. The van der Waals surface area contributed by atoms with Crippen molar-refractivity contribution in [3.05, 3.63) is 47.8 Å². The van der Waals surface area contributed by atoms with Crippen LogP contribution in [0.5, 0.6) is 0 Å². The molecule has 1 aliphatic heterocycles. The molecule has 142 valence electrons. The molecule has 3 aromatic rings. The van der Waals surface area contributed by atoms with Crippen molar-refractivity contribution in [1.82, 2.24) is 19.9 Å². The van der Waals surface area contributed by atoms with Crippen molar-refractivity contribution in [3.8, 4) is 0 Å². The van der Waals surface area contributed by atoms with Crippen molar-refractivity contribution in [3.63, 3.8) is 0 Å². The van der Waals surface area contributed by atoms with Gasteiger partial charge in [-0.1, -0.05) is 0 Å². The van der Waals surface area contributed by atoms with Crippen LogP contribution < -0.4 is 4.90 Å². The van der Waals surface area contributed by atoms with E-state index in [9.17, 15) is 5.11 Å². The molecule has 4 heterocycles. The molecule has 0 saturated carbocycles. The van der Waals surface area contributed by atoms with Crippen LogP contribution in [0.15, 0.2) is 35.2 Å². The topological polar surface area (TPSA) is 78.5 Å². The number of anilines is 1. The van der Waals surface area contributed by atoms with Crippen LogP contribution in [0.25, 0.3) is 11.0 Å². The summed E-state index contributed by atoms with van der Waals surface area (Å²) in [5, 5.41) is 10.6. The molecule has 1 fully saturated rings. The first-order chi connectivity index (χ1) is 13.2. The number of aliphatic hydroxyl groups is 1. The summed E-state index contributed by atoms with van der Waals surface area (Å²) in [4.78, 5) is 18.2. The number of hydrogen-bond acceptors (Lipinski definition) is 7. The lowest BCUT2D eigenvalue weighted by atomic mass is 10.1. The van der Waals surface area contributed by atoms with E-state index in [-0.39, 0.29) is 12.6 Å². The van der Waals surface area contributed by atoms with E-state index in [0.717, 1.165) is 66.5 Å². The summed E-state index contributed by atoms with van der Waals surface area (Å²) in [6.07, 6.45) is 4.02. The molecular weight excluding hydrogens is 342 g/mol.